The molecule has 196 valence electrons. The zero-order valence-corrected chi connectivity index (χ0v) is 24.4. The van der Waals surface area contributed by atoms with Gasteiger partial charge in [0.2, 0.25) is 0 Å². The summed E-state index contributed by atoms with van der Waals surface area (Å²) in [5.74, 6) is 0. The topological polar surface area (TPSA) is 98.4 Å². The number of carbonyl (C=O) groups is 1. The highest BCUT2D eigenvalue weighted by atomic mass is 127. The maximum absolute atomic E-state index is 12.8. The molecular formula is C24H29Cl2IN4O5. The van der Waals surface area contributed by atoms with E-state index in [1.807, 2.05) is 0 Å². The molecule has 3 aromatic heterocycles. The highest BCUT2D eigenvalue weighted by Crippen LogP contribution is 2.34. The third-order valence-corrected chi connectivity index (χ3v) is 6.77. The van der Waals surface area contributed by atoms with Gasteiger partial charge in [-0.3, -0.25) is 14.3 Å². The smallest absolute Gasteiger partial charge is 0.414 e. The predicted molar refractivity (Wildman–Crippen MR) is 147 cm³/mol. The highest BCUT2D eigenvalue weighted by molar-refractivity contribution is 14.1. The molecule has 9 nitrogen and oxygen atoms in total. The Morgan fingerprint density at radius 3 is 2.64 bits per heavy atom. The number of nitrogens with zero attached hydrogens (tertiary/aromatic N) is 4. The van der Waals surface area contributed by atoms with Crippen LogP contribution < -0.4 is 4.90 Å². The van der Waals surface area contributed by atoms with Crippen molar-refractivity contribution >= 4 is 63.2 Å². The minimum Gasteiger partial charge on any atom is -0.443 e. The molecule has 1 N–H and O–H groups in total. The van der Waals surface area contributed by atoms with Crippen molar-refractivity contribution in [2.45, 2.75) is 49.9 Å². The van der Waals surface area contributed by atoms with Crippen LogP contribution in [0.3, 0.4) is 0 Å². The first kappa shape index (κ1) is 28.9. The van der Waals surface area contributed by atoms with E-state index in [1.165, 1.54) is 12.0 Å². The van der Waals surface area contributed by atoms with Crippen molar-refractivity contribution in [2.24, 2.45) is 0 Å². The van der Waals surface area contributed by atoms with Crippen LogP contribution in [0.1, 0.15) is 49.4 Å². The van der Waals surface area contributed by atoms with E-state index in [-0.39, 0.29) is 25.0 Å². The number of alkyl halides is 1. The van der Waals surface area contributed by atoms with Crippen molar-refractivity contribution in [2.75, 3.05) is 25.9 Å². The first-order valence-corrected chi connectivity index (χ1v) is 13.3. The van der Waals surface area contributed by atoms with E-state index >= 15 is 0 Å². The quantitative estimate of drug-likeness (QED) is 0.137. The van der Waals surface area contributed by atoms with Crippen LogP contribution in [0.5, 0.6) is 0 Å². The van der Waals surface area contributed by atoms with E-state index in [1.54, 1.807) is 56.7 Å². The van der Waals surface area contributed by atoms with Crippen LogP contribution in [0.15, 0.2) is 24.5 Å². The summed E-state index contributed by atoms with van der Waals surface area (Å²) in [6.45, 7) is 5.51. The number of ether oxygens (including phenoxy) is 3. The number of hydrogen-bond acceptors (Lipinski definition) is 7. The SMILES string of the molecule is COCOCc1nc2c(N(C)C(=O)OC(C)(C)C)ccc(C(O)Cc3c(Cl)cncc3CI)n2c1Cl. The summed E-state index contributed by atoms with van der Waals surface area (Å²) < 4.78 is 18.2. The number of aliphatic hydroxyl groups is 1. The van der Waals surface area contributed by atoms with Gasteiger partial charge in [-0.25, -0.2) is 9.78 Å². The van der Waals surface area contributed by atoms with Gasteiger partial charge in [0.25, 0.3) is 0 Å². The second kappa shape index (κ2) is 12.2. The molecule has 0 aromatic carbocycles. The summed E-state index contributed by atoms with van der Waals surface area (Å²) in [5, 5.41) is 12.0. The molecule has 0 aliphatic rings. The Balaban J connectivity index is 2.09. The fraction of sp³-hybridized carbons (Fsp3) is 0.458. The number of pyridine rings is 2. The lowest BCUT2D eigenvalue weighted by molar-refractivity contribution is -0.0399. The molecule has 0 fully saturated rings. The zero-order chi connectivity index (χ0) is 26.6. The molecule has 12 heteroatoms. The minimum absolute atomic E-state index is 0.0595. The molecule has 36 heavy (non-hydrogen) atoms. The molecular weight excluding hydrogens is 622 g/mol. The van der Waals surface area contributed by atoms with Crippen molar-refractivity contribution in [3.63, 3.8) is 0 Å². The number of aliphatic hydroxyl groups excluding tert-OH is 1. The number of amides is 1. The van der Waals surface area contributed by atoms with Crippen molar-refractivity contribution in [3.8, 4) is 0 Å². The number of carbonyl (C=O) groups excluding carboxylic acids is 1. The molecule has 0 bridgehead atoms. The van der Waals surface area contributed by atoms with Gasteiger partial charge < -0.3 is 19.3 Å². The molecule has 1 unspecified atom stereocenters. The molecule has 3 heterocycles. The average molecular weight is 651 g/mol. The lowest BCUT2D eigenvalue weighted by atomic mass is 10.0. The molecule has 0 saturated carbocycles. The van der Waals surface area contributed by atoms with E-state index in [2.05, 4.69) is 32.6 Å². The third kappa shape index (κ3) is 6.59. The van der Waals surface area contributed by atoms with Crippen molar-refractivity contribution in [3.05, 3.63) is 57.2 Å². The van der Waals surface area contributed by atoms with Crippen molar-refractivity contribution in [1.29, 1.82) is 0 Å². The molecule has 0 aliphatic heterocycles. The largest absolute Gasteiger partial charge is 0.443 e. The van der Waals surface area contributed by atoms with Crippen LogP contribution in [0.2, 0.25) is 10.2 Å². The van der Waals surface area contributed by atoms with E-state index in [9.17, 15) is 9.90 Å². The number of rotatable bonds is 9. The molecule has 3 aromatic rings. The van der Waals surface area contributed by atoms with Crippen LogP contribution in [0.4, 0.5) is 10.5 Å². The number of fused-ring (bicyclic) bond motifs is 1. The Morgan fingerprint density at radius 2 is 2.00 bits per heavy atom. The van der Waals surface area contributed by atoms with Gasteiger partial charge in [-0.05, 0) is 44.0 Å². The lowest BCUT2D eigenvalue weighted by Crippen LogP contribution is -2.34. The standard InChI is InChI=1S/C24H29Cl2IN4O5/c1-24(2,3)36-23(33)30(4)19-7-6-18(20(32)8-15-14(9-27)10-28-11-16(15)25)31-21(26)17(29-22(19)31)12-35-13-34-5/h6-7,10-11,20,32H,8-9,12-13H2,1-5H3. The van der Waals surface area contributed by atoms with Crippen LogP contribution in [0, 0.1) is 0 Å². The third-order valence-electron chi connectivity index (χ3n) is 5.23. The second-order valence-corrected chi connectivity index (χ2v) is 10.6. The van der Waals surface area contributed by atoms with Crippen molar-refractivity contribution < 1.29 is 24.1 Å². The number of halogens is 3. The molecule has 0 spiro atoms. The Morgan fingerprint density at radius 1 is 1.28 bits per heavy atom. The van der Waals surface area contributed by atoms with Gasteiger partial charge in [0.1, 0.15) is 23.2 Å². The molecule has 0 radical (unpaired) electrons. The zero-order valence-electron chi connectivity index (χ0n) is 20.7. The molecule has 0 saturated heterocycles. The van der Waals surface area contributed by atoms with Crippen LogP contribution in [0.25, 0.3) is 5.65 Å². The van der Waals surface area contributed by atoms with Gasteiger partial charge >= 0.3 is 6.09 Å². The van der Waals surface area contributed by atoms with Crippen LogP contribution in [-0.2, 0) is 31.7 Å². The summed E-state index contributed by atoms with van der Waals surface area (Å²) in [6.07, 6.45) is 2.01. The van der Waals surface area contributed by atoms with E-state index in [4.69, 9.17) is 37.4 Å². The molecule has 1 amide bonds. The van der Waals surface area contributed by atoms with Crippen LogP contribution in [-0.4, -0.2) is 52.1 Å². The monoisotopic (exact) mass is 650 g/mol. The normalized spacial score (nSPS) is 12.7. The molecule has 0 aliphatic carbocycles. The number of methoxy groups -OCH3 is 1. The van der Waals surface area contributed by atoms with E-state index in [0.717, 1.165) is 11.1 Å². The summed E-state index contributed by atoms with van der Waals surface area (Å²) in [6, 6.07) is 3.41. The molecule has 3 rings (SSSR count). The number of aromatic nitrogens is 3. The lowest BCUT2D eigenvalue weighted by Gasteiger charge is -2.25. The summed E-state index contributed by atoms with van der Waals surface area (Å²) >= 11 is 15.4. The Kier molecular flexibility index (Phi) is 9.81. The number of imidazole rings is 1. The first-order chi connectivity index (χ1) is 17.0. The fourth-order valence-corrected chi connectivity index (χ4v) is 4.76. The highest BCUT2D eigenvalue weighted by Gasteiger charge is 2.27. The maximum atomic E-state index is 12.8. The van der Waals surface area contributed by atoms with Gasteiger partial charge in [0.05, 0.1) is 29.1 Å². The van der Waals surface area contributed by atoms with Crippen LogP contribution >= 0.6 is 45.8 Å². The minimum atomic E-state index is -0.977. The van der Waals surface area contributed by atoms with E-state index < -0.39 is 17.8 Å². The van der Waals surface area contributed by atoms with Gasteiger partial charge in [-0.1, -0.05) is 45.8 Å². The fourth-order valence-electron chi connectivity index (χ4n) is 3.57. The Labute approximate surface area is 233 Å². The van der Waals surface area contributed by atoms with Crippen molar-refractivity contribution in [1.82, 2.24) is 14.4 Å². The van der Waals surface area contributed by atoms with Gasteiger partial charge in [-0.15, -0.1) is 0 Å². The Bertz CT molecular complexity index is 1230. The van der Waals surface area contributed by atoms with E-state index in [0.29, 0.717) is 32.2 Å². The number of hydrogen-bond donors (Lipinski definition) is 1. The van der Waals surface area contributed by atoms with Gasteiger partial charge in [0.15, 0.2) is 5.65 Å². The maximum Gasteiger partial charge on any atom is 0.414 e. The van der Waals surface area contributed by atoms with Gasteiger partial charge in [0, 0.05) is 37.4 Å². The van der Waals surface area contributed by atoms with Gasteiger partial charge in [-0.2, -0.15) is 0 Å². The summed E-state index contributed by atoms with van der Waals surface area (Å²) in [4.78, 5) is 22.9. The average Bonchev–Trinajstić information content (AvgIpc) is 3.14. The summed E-state index contributed by atoms with van der Waals surface area (Å²) in [5.41, 5.74) is 2.80. The summed E-state index contributed by atoms with van der Waals surface area (Å²) in [7, 11) is 3.11. The second-order valence-electron chi connectivity index (χ2n) is 9.06. The first-order valence-electron chi connectivity index (χ1n) is 11.1. The Hall–Kier alpha value is -1.70. The predicted octanol–water partition coefficient (Wildman–Crippen LogP) is 5.74. The molecule has 1 atom stereocenters. The number of anilines is 1.